The number of rotatable bonds is 2. The van der Waals surface area contributed by atoms with Crippen molar-refractivity contribution < 1.29 is 4.39 Å². The molecule has 0 aliphatic carbocycles. The molecule has 0 spiro atoms. The molecule has 0 aliphatic rings. The fraction of sp³-hybridized carbons (Fsp3) is 0.125. The lowest BCUT2D eigenvalue weighted by Crippen LogP contribution is -1.98. The van der Waals surface area contributed by atoms with Crippen LogP contribution in [0.1, 0.15) is 0 Å². The molecule has 0 amide bonds. The zero-order valence-corrected chi connectivity index (χ0v) is 5.60. The molecule has 1 radical (unpaired) electrons. The Bertz CT molecular complexity index is 210. The van der Waals surface area contributed by atoms with Crippen molar-refractivity contribution in [3.05, 3.63) is 37.0 Å². The van der Waals surface area contributed by atoms with Crippen LogP contribution in [0.15, 0.2) is 24.3 Å². The van der Waals surface area contributed by atoms with Gasteiger partial charge in [0, 0.05) is 6.54 Å². The van der Waals surface area contributed by atoms with E-state index in [-0.39, 0.29) is 5.82 Å². The molecule has 0 saturated heterocycles. The van der Waals surface area contributed by atoms with Gasteiger partial charge >= 0.3 is 0 Å². The van der Waals surface area contributed by atoms with Crippen LogP contribution in [0.5, 0.6) is 0 Å². The molecular formula is C8H9FN. The predicted octanol–water partition coefficient (Wildman–Crippen LogP) is 2.07. The fourth-order valence-corrected chi connectivity index (χ4v) is 0.739. The SMILES string of the molecule is [CH2]CNc1ccccc1F. The largest absolute Gasteiger partial charge is 0.383 e. The van der Waals surface area contributed by atoms with Gasteiger partial charge in [-0.2, -0.15) is 0 Å². The van der Waals surface area contributed by atoms with Gasteiger partial charge < -0.3 is 5.32 Å². The first kappa shape index (κ1) is 7.06. The first-order valence-corrected chi connectivity index (χ1v) is 3.12. The van der Waals surface area contributed by atoms with E-state index in [2.05, 4.69) is 12.2 Å². The molecule has 0 unspecified atom stereocenters. The predicted molar refractivity (Wildman–Crippen MR) is 40.2 cm³/mol. The summed E-state index contributed by atoms with van der Waals surface area (Å²) in [6.45, 7) is 4.05. The van der Waals surface area contributed by atoms with Crippen LogP contribution in [-0.2, 0) is 0 Å². The zero-order valence-electron chi connectivity index (χ0n) is 5.60. The molecule has 1 aromatic carbocycles. The minimum Gasteiger partial charge on any atom is -0.383 e. The Morgan fingerprint density at radius 2 is 2.10 bits per heavy atom. The maximum Gasteiger partial charge on any atom is 0.146 e. The van der Waals surface area contributed by atoms with Crippen molar-refractivity contribution in [3.63, 3.8) is 0 Å². The van der Waals surface area contributed by atoms with Crippen LogP contribution in [0.2, 0.25) is 0 Å². The van der Waals surface area contributed by atoms with Crippen LogP contribution >= 0.6 is 0 Å². The standard InChI is InChI=1S/C8H9FN/c1-2-10-8-6-4-3-5-7(8)9/h3-6,10H,1-2H2. The molecule has 0 heterocycles. The summed E-state index contributed by atoms with van der Waals surface area (Å²) in [6.07, 6.45) is 0. The number of hydrogen-bond acceptors (Lipinski definition) is 1. The lowest BCUT2D eigenvalue weighted by molar-refractivity contribution is 0.631. The normalized spacial score (nSPS) is 9.40. The lowest BCUT2D eigenvalue weighted by atomic mass is 10.3. The van der Waals surface area contributed by atoms with Crippen molar-refractivity contribution in [2.45, 2.75) is 0 Å². The highest BCUT2D eigenvalue weighted by atomic mass is 19.1. The summed E-state index contributed by atoms with van der Waals surface area (Å²) in [5.74, 6) is -0.230. The monoisotopic (exact) mass is 138 g/mol. The maximum atomic E-state index is 12.7. The Hall–Kier alpha value is -1.05. The Kier molecular flexibility index (Phi) is 2.26. The van der Waals surface area contributed by atoms with Gasteiger partial charge in [-0.1, -0.05) is 12.1 Å². The molecule has 0 aromatic heterocycles. The average molecular weight is 138 g/mol. The van der Waals surface area contributed by atoms with Crippen molar-refractivity contribution in [1.82, 2.24) is 0 Å². The van der Waals surface area contributed by atoms with E-state index in [1.54, 1.807) is 18.2 Å². The van der Waals surface area contributed by atoms with Crippen LogP contribution < -0.4 is 5.32 Å². The summed E-state index contributed by atoms with van der Waals surface area (Å²) in [5.41, 5.74) is 0.512. The molecule has 0 atom stereocenters. The number of benzene rings is 1. The van der Waals surface area contributed by atoms with Crippen molar-refractivity contribution in [2.24, 2.45) is 0 Å². The Labute approximate surface area is 59.9 Å². The molecule has 1 rings (SSSR count). The second-order valence-corrected chi connectivity index (χ2v) is 1.91. The van der Waals surface area contributed by atoms with Crippen molar-refractivity contribution >= 4 is 5.69 Å². The van der Waals surface area contributed by atoms with Gasteiger partial charge in [0.2, 0.25) is 0 Å². The van der Waals surface area contributed by atoms with E-state index < -0.39 is 0 Å². The van der Waals surface area contributed by atoms with Gasteiger partial charge in [-0.15, -0.1) is 0 Å². The second kappa shape index (κ2) is 3.20. The van der Waals surface area contributed by atoms with Crippen LogP contribution in [0.25, 0.3) is 0 Å². The third-order valence-corrected chi connectivity index (χ3v) is 1.19. The number of halogens is 1. The van der Waals surface area contributed by atoms with Gasteiger partial charge in [0.1, 0.15) is 5.82 Å². The molecule has 0 saturated carbocycles. The van der Waals surface area contributed by atoms with E-state index in [0.29, 0.717) is 12.2 Å². The summed E-state index contributed by atoms with van der Waals surface area (Å²) in [4.78, 5) is 0. The Morgan fingerprint density at radius 3 is 2.70 bits per heavy atom. The fourth-order valence-electron chi connectivity index (χ4n) is 0.739. The van der Waals surface area contributed by atoms with Crippen molar-refractivity contribution in [3.8, 4) is 0 Å². The smallest absolute Gasteiger partial charge is 0.146 e. The van der Waals surface area contributed by atoms with E-state index in [1.807, 2.05) is 0 Å². The third-order valence-electron chi connectivity index (χ3n) is 1.19. The lowest BCUT2D eigenvalue weighted by Gasteiger charge is -2.01. The highest BCUT2D eigenvalue weighted by Crippen LogP contribution is 2.10. The van der Waals surface area contributed by atoms with Crippen LogP contribution in [0.4, 0.5) is 10.1 Å². The Balaban J connectivity index is 2.81. The minimum absolute atomic E-state index is 0.230. The number of hydrogen-bond donors (Lipinski definition) is 1. The topological polar surface area (TPSA) is 12.0 Å². The molecule has 1 nitrogen and oxygen atoms in total. The molecule has 1 N–H and O–H groups in total. The number of anilines is 1. The molecule has 0 aliphatic heterocycles. The molecular weight excluding hydrogens is 129 g/mol. The Morgan fingerprint density at radius 1 is 1.40 bits per heavy atom. The zero-order chi connectivity index (χ0) is 7.40. The first-order chi connectivity index (χ1) is 4.84. The quantitative estimate of drug-likeness (QED) is 0.659. The molecule has 0 fully saturated rings. The van der Waals surface area contributed by atoms with Gasteiger partial charge in [0.05, 0.1) is 5.69 Å². The molecule has 1 aromatic rings. The highest BCUT2D eigenvalue weighted by Gasteiger charge is 1.95. The number of para-hydroxylation sites is 1. The van der Waals surface area contributed by atoms with E-state index in [9.17, 15) is 4.39 Å². The van der Waals surface area contributed by atoms with Gasteiger partial charge in [-0.25, -0.2) is 4.39 Å². The molecule has 10 heavy (non-hydrogen) atoms. The third kappa shape index (κ3) is 1.47. The van der Waals surface area contributed by atoms with Crippen LogP contribution in [-0.4, -0.2) is 6.54 Å². The van der Waals surface area contributed by atoms with Gasteiger partial charge in [-0.3, -0.25) is 0 Å². The second-order valence-electron chi connectivity index (χ2n) is 1.91. The maximum absolute atomic E-state index is 12.7. The van der Waals surface area contributed by atoms with E-state index in [1.165, 1.54) is 6.07 Å². The first-order valence-electron chi connectivity index (χ1n) is 3.12. The molecule has 53 valence electrons. The summed E-state index contributed by atoms with van der Waals surface area (Å²) in [7, 11) is 0. The highest BCUT2D eigenvalue weighted by molar-refractivity contribution is 5.44. The van der Waals surface area contributed by atoms with E-state index in [4.69, 9.17) is 0 Å². The van der Waals surface area contributed by atoms with Gasteiger partial charge in [-0.05, 0) is 19.1 Å². The molecule has 2 heteroatoms. The summed E-state index contributed by atoms with van der Waals surface area (Å²) < 4.78 is 12.7. The van der Waals surface area contributed by atoms with E-state index in [0.717, 1.165) is 0 Å². The average Bonchev–Trinajstić information content (AvgIpc) is 1.94. The van der Waals surface area contributed by atoms with Crippen LogP contribution in [0.3, 0.4) is 0 Å². The van der Waals surface area contributed by atoms with Gasteiger partial charge in [0.25, 0.3) is 0 Å². The van der Waals surface area contributed by atoms with Crippen molar-refractivity contribution in [2.75, 3.05) is 11.9 Å². The summed E-state index contributed by atoms with van der Waals surface area (Å²) in [6, 6.07) is 6.53. The van der Waals surface area contributed by atoms with Gasteiger partial charge in [0.15, 0.2) is 0 Å². The van der Waals surface area contributed by atoms with E-state index >= 15 is 0 Å². The van der Waals surface area contributed by atoms with Crippen molar-refractivity contribution in [1.29, 1.82) is 0 Å². The molecule has 0 bridgehead atoms. The number of nitrogens with one attached hydrogen (secondary N) is 1. The van der Waals surface area contributed by atoms with Crippen LogP contribution in [0, 0.1) is 12.7 Å². The summed E-state index contributed by atoms with van der Waals surface area (Å²) >= 11 is 0. The minimum atomic E-state index is -0.230. The summed E-state index contributed by atoms with van der Waals surface area (Å²) in [5, 5.41) is 2.79.